The molecule has 3 aromatic rings. The van der Waals surface area contributed by atoms with E-state index in [0.29, 0.717) is 24.7 Å². The molecule has 1 aromatic carbocycles. The highest BCUT2D eigenvalue weighted by Crippen LogP contribution is 2.27. The van der Waals surface area contributed by atoms with Crippen molar-refractivity contribution in [3.05, 3.63) is 58.3 Å². The Hall–Kier alpha value is -3.40. The second kappa shape index (κ2) is 8.76. The molecule has 0 aliphatic carbocycles. The normalized spacial score (nSPS) is 14.1. The molecule has 1 N–H and O–H groups in total. The molecular weight excluding hydrogens is 423 g/mol. The molecule has 0 atom stereocenters. The van der Waals surface area contributed by atoms with E-state index < -0.39 is 11.7 Å². The Kier molecular flexibility index (Phi) is 5.90. The van der Waals surface area contributed by atoms with Gasteiger partial charge in [0.2, 0.25) is 0 Å². The van der Waals surface area contributed by atoms with Gasteiger partial charge in [-0.25, -0.2) is 9.37 Å². The number of tetrazole rings is 1. The van der Waals surface area contributed by atoms with E-state index in [1.54, 1.807) is 11.0 Å². The van der Waals surface area contributed by atoms with Crippen LogP contribution in [0.25, 0.3) is 5.57 Å². The van der Waals surface area contributed by atoms with Crippen LogP contribution in [-0.4, -0.2) is 49.2 Å². The number of rotatable bonds is 5. The van der Waals surface area contributed by atoms with E-state index >= 15 is 0 Å². The van der Waals surface area contributed by atoms with E-state index in [2.05, 4.69) is 37.6 Å². The fourth-order valence-electron chi connectivity index (χ4n) is 3.27. The van der Waals surface area contributed by atoms with Crippen LogP contribution in [-0.2, 0) is 6.54 Å². The molecule has 0 unspecified atom stereocenters. The molecule has 3 heterocycles. The zero-order valence-electron chi connectivity index (χ0n) is 17.0. The number of hydrogen-bond donors (Lipinski definition) is 1. The summed E-state index contributed by atoms with van der Waals surface area (Å²) in [6, 6.07) is 4.06. The summed E-state index contributed by atoms with van der Waals surface area (Å²) in [7, 11) is 0. The summed E-state index contributed by atoms with van der Waals surface area (Å²) in [6.45, 7) is 6.02. The summed E-state index contributed by atoms with van der Waals surface area (Å²) >= 11 is 5.94. The number of hydrogen-bond acceptors (Lipinski definition) is 7. The number of halogens is 2. The van der Waals surface area contributed by atoms with Crippen LogP contribution in [0.4, 0.5) is 16.2 Å². The maximum Gasteiger partial charge on any atom is 0.266 e. The van der Waals surface area contributed by atoms with E-state index in [0.717, 1.165) is 18.5 Å². The van der Waals surface area contributed by atoms with Gasteiger partial charge in [0, 0.05) is 13.1 Å². The lowest BCUT2D eigenvalue weighted by Gasteiger charge is -2.28. The Bertz CT molecular complexity index is 1120. The van der Waals surface area contributed by atoms with Crippen LogP contribution in [0.3, 0.4) is 0 Å². The smallest absolute Gasteiger partial charge is 0.266 e. The first kappa shape index (κ1) is 20.9. The van der Waals surface area contributed by atoms with Crippen molar-refractivity contribution in [1.82, 2.24) is 30.2 Å². The Labute approximate surface area is 182 Å². The number of amides is 1. The van der Waals surface area contributed by atoms with E-state index in [1.165, 1.54) is 30.0 Å². The molecule has 1 amide bonds. The minimum Gasteiger partial charge on any atom is -0.333 e. The second-order valence-electron chi connectivity index (χ2n) is 7.05. The predicted octanol–water partition coefficient (Wildman–Crippen LogP) is 3.21. The number of benzene rings is 1. The average Bonchev–Trinajstić information content (AvgIpc) is 3.24. The Balaban J connectivity index is 1.50. The average molecular weight is 443 g/mol. The molecule has 1 aliphatic rings. The van der Waals surface area contributed by atoms with Gasteiger partial charge < -0.3 is 10.2 Å². The lowest BCUT2D eigenvalue weighted by molar-refractivity contribution is 0.102. The molecule has 0 radical (unpaired) electrons. The minimum absolute atomic E-state index is 0.0266. The molecule has 0 spiro atoms. The van der Waals surface area contributed by atoms with Gasteiger partial charge in [-0.05, 0) is 43.2 Å². The van der Waals surface area contributed by atoms with Crippen LogP contribution in [0.2, 0.25) is 5.02 Å². The van der Waals surface area contributed by atoms with Crippen LogP contribution in [0.1, 0.15) is 36.3 Å². The first-order valence-corrected chi connectivity index (χ1v) is 10.1. The maximum atomic E-state index is 13.9. The fourth-order valence-corrected chi connectivity index (χ4v) is 3.51. The van der Waals surface area contributed by atoms with Gasteiger partial charge in [0.25, 0.3) is 11.9 Å². The van der Waals surface area contributed by atoms with Crippen molar-refractivity contribution in [1.29, 1.82) is 0 Å². The molecule has 0 bridgehead atoms. The minimum atomic E-state index is -0.703. The van der Waals surface area contributed by atoms with E-state index in [-0.39, 0.29) is 16.4 Å². The lowest BCUT2D eigenvalue weighted by Crippen LogP contribution is -2.32. The highest BCUT2D eigenvalue weighted by Gasteiger charge is 2.23. The van der Waals surface area contributed by atoms with Crippen molar-refractivity contribution < 1.29 is 9.18 Å². The summed E-state index contributed by atoms with van der Waals surface area (Å²) in [4.78, 5) is 24.7. The van der Waals surface area contributed by atoms with Crippen LogP contribution in [0, 0.1) is 5.82 Å². The SMILES string of the molecule is CCn1nnc(N2CCC(C)=C(c3cnc(NC(=O)c4c(F)cccc4Cl)cn3)C2)n1. The third-order valence-corrected chi connectivity index (χ3v) is 5.34. The maximum absolute atomic E-state index is 13.9. The summed E-state index contributed by atoms with van der Waals surface area (Å²) in [5, 5.41) is 15.1. The number of aromatic nitrogens is 6. The fraction of sp³-hybridized carbons (Fsp3) is 0.300. The third kappa shape index (κ3) is 4.38. The second-order valence-corrected chi connectivity index (χ2v) is 7.45. The third-order valence-electron chi connectivity index (χ3n) is 5.02. The monoisotopic (exact) mass is 442 g/mol. The lowest BCUT2D eigenvalue weighted by atomic mass is 9.99. The van der Waals surface area contributed by atoms with Gasteiger partial charge in [0.15, 0.2) is 5.82 Å². The van der Waals surface area contributed by atoms with E-state index in [1.807, 2.05) is 11.8 Å². The van der Waals surface area contributed by atoms with Gasteiger partial charge in [-0.15, -0.1) is 5.10 Å². The van der Waals surface area contributed by atoms with Crippen LogP contribution in [0.5, 0.6) is 0 Å². The molecule has 0 fully saturated rings. The van der Waals surface area contributed by atoms with Gasteiger partial charge in [0.1, 0.15) is 5.82 Å². The molecule has 1 aliphatic heterocycles. The summed E-state index contributed by atoms with van der Waals surface area (Å²) < 4.78 is 13.9. The quantitative estimate of drug-likeness (QED) is 0.647. The van der Waals surface area contributed by atoms with Gasteiger partial charge in [0.05, 0.1) is 35.2 Å². The van der Waals surface area contributed by atoms with Crippen LogP contribution < -0.4 is 10.2 Å². The zero-order chi connectivity index (χ0) is 22.0. The Morgan fingerprint density at radius 3 is 2.81 bits per heavy atom. The summed E-state index contributed by atoms with van der Waals surface area (Å²) in [5.41, 5.74) is 2.67. The van der Waals surface area contributed by atoms with Crippen LogP contribution in [0.15, 0.2) is 36.2 Å². The number of nitrogens with one attached hydrogen (secondary N) is 1. The highest BCUT2D eigenvalue weighted by molar-refractivity contribution is 6.34. The van der Waals surface area contributed by atoms with Crippen molar-refractivity contribution in [3.63, 3.8) is 0 Å². The molecule has 0 saturated carbocycles. The first-order valence-electron chi connectivity index (χ1n) is 9.75. The number of anilines is 2. The van der Waals surface area contributed by atoms with E-state index in [4.69, 9.17) is 11.6 Å². The zero-order valence-corrected chi connectivity index (χ0v) is 17.8. The van der Waals surface area contributed by atoms with Crippen LogP contribution >= 0.6 is 11.6 Å². The molecule has 160 valence electrons. The first-order chi connectivity index (χ1) is 15.0. The molecule has 0 saturated heterocycles. The number of carbonyl (C=O) groups excluding carboxylic acids is 1. The van der Waals surface area contributed by atoms with Gasteiger partial charge in [-0.1, -0.05) is 28.3 Å². The van der Waals surface area contributed by atoms with E-state index in [9.17, 15) is 9.18 Å². The molecular formula is C20H20ClFN8O. The number of carbonyl (C=O) groups is 1. The van der Waals surface area contributed by atoms with Crippen molar-refractivity contribution in [2.24, 2.45) is 0 Å². The van der Waals surface area contributed by atoms with Gasteiger partial charge in [-0.2, -0.15) is 4.80 Å². The molecule has 9 nitrogen and oxygen atoms in total. The molecule has 31 heavy (non-hydrogen) atoms. The summed E-state index contributed by atoms with van der Waals surface area (Å²) in [6.07, 6.45) is 3.85. The Morgan fingerprint density at radius 2 is 2.13 bits per heavy atom. The molecule has 2 aromatic heterocycles. The molecule has 11 heteroatoms. The van der Waals surface area contributed by atoms with Crippen molar-refractivity contribution in [2.45, 2.75) is 26.8 Å². The van der Waals surface area contributed by atoms with Gasteiger partial charge >= 0.3 is 0 Å². The standard InChI is InChI=1S/C20H20ClFN8O/c1-3-30-27-20(26-28-30)29-8-7-12(2)13(11-29)16-9-24-17(10-23-16)25-19(31)18-14(21)5-4-6-15(18)22/h4-6,9-10H,3,7-8,11H2,1-2H3,(H,24,25,31). The largest absolute Gasteiger partial charge is 0.333 e. The molecule has 4 rings (SSSR count). The Morgan fingerprint density at radius 1 is 1.29 bits per heavy atom. The number of nitrogens with zero attached hydrogens (tertiary/aromatic N) is 7. The highest BCUT2D eigenvalue weighted by atomic mass is 35.5. The van der Waals surface area contributed by atoms with Crippen molar-refractivity contribution in [2.75, 3.05) is 23.3 Å². The van der Waals surface area contributed by atoms with Crippen molar-refractivity contribution in [3.8, 4) is 0 Å². The van der Waals surface area contributed by atoms with Gasteiger partial charge in [-0.3, -0.25) is 9.78 Å². The summed E-state index contributed by atoms with van der Waals surface area (Å²) in [5.74, 6) is -0.613. The van der Waals surface area contributed by atoms with Crippen molar-refractivity contribution >= 4 is 34.8 Å². The number of aryl methyl sites for hydroxylation is 1. The topological polar surface area (TPSA) is 102 Å². The predicted molar refractivity (Wildman–Crippen MR) is 114 cm³/mol.